The van der Waals surface area contributed by atoms with Crippen LogP contribution >= 0.6 is 11.3 Å². The van der Waals surface area contributed by atoms with Crippen LogP contribution in [0.1, 0.15) is 22.5 Å². The molecule has 2 atom stereocenters. The predicted octanol–water partition coefficient (Wildman–Crippen LogP) is 1.79. The van der Waals surface area contributed by atoms with Gasteiger partial charge in [-0.3, -0.25) is 19.8 Å². The molecule has 8 nitrogen and oxygen atoms in total. The van der Waals surface area contributed by atoms with Gasteiger partial charge in [0, 0.05) is 49.1 Å². The van der Waals surface area contributed by atoms with E-state index in [0.717, 1.165) is 45.9 Å². The lowest BCUT2D eigenvalue weighted by Crippen LogP contribution is -2.52. The Kier molecular flexibility index (Phi) is 7.63. The van der Waals surface area contributed by atoms with Gasteiger partial charge in [0.25, 0.3) is 5.91 Å². The number of thiazole rings is 1. The molecule has 0 bridgehead atoms. The average molecular weight is 445 g/mol. The molecule has 166 valence electrons. The van der Waals surface area contributed by atoms with E-state index in [2.05, 4.69) is 20.5 Å². The lowest BCUT2D eigenvalue weighted by atomic mass is 9.97. The van der Waals surface area contributed by atoms with Crippen molar-refractivity contribution in [2.45, 2.75) is 18.9 Å². The molecule has 0 aliphatic carbocycles. The molecule has 2 N–H and O–H groups in total. The molecule has 2 aromatic rings. The minimum atomic E-state index is -0.210. The van der Waals surface area contributed by atoms with Crippen molar-refractivity contribution in [3.8, 4) is 0 Å². The van der Waals surface area contributed by atoms with Crippen molar-refractivity contribution in [2.24, 2.45) is 5.92 Å². The molecule has 1 aromatic carbocycles. The molecule has 2 unspecified atom stereocenters. The van der Waals surface area contributed by atoms with Gasteiger partial charge in [-0.2, -0.15) is 0 Å². The van der Waals surface area contributed by atoms with Crippen molar-refractivity contribution in [2.75, 3.05) is 51.4 Å². The highest BCUT2D eigenvalue weighted by molar-refractivity contribution is 7.14. The molecule has 4 rings (SSSR count). The van der Waals surface area contributed by atoms with Crippen molar-refractivity contribution in [1.29, 1.82) is 0 Å². The summed E-state index contributed by atoms with van der Waals surface area (Å²) in [5, 5.41) is 8.17. The summed E-state index contributed by atoms with van der Waals surface area (Å²) < 4.78 is 11.1. The van der Waals surface area contributed by atoms with E-state index >= 15 is 0 Å². The van der Waals surface area contributed by atoms with Gasteiger partial charge in [-0.05, 0) is 18.6 Å². The third kappa shape index (κ3) is 6.10. The van der Waals surface area contributed by atoms with Crippen molar-refractivity contribution in [1.82, 2.24) is 15.2 Å². The molecular weight excluding hydrogens is 416 g/mol. The number of benzene rings is 1. The van der Waals surface area contributed by atoms with E-state index in [4.69, 9.17) is 9.47 Å². The first-order valence-electron chi connectivity index (χ1n) is 10.7. The summed E-state index contributed by atoms with van der Waals surface area (Å²) in [6, 6.07) is 9.24. The fourth-order valence-corrected chi connectivity index (χ4v) is 4.71. The largest absolute Gasteiger partial charge is 0.381 e. The Morgan fingerprint density at radius 3 is 2.71 bits per heavy atom. The molecule has 2 aliphatic heterocycles. The highest BCUT2D eigenvalue weighted by atomic mass is 32.1. The highest BCUT2D eigenvalue weighted by Crippen LogP contribution is 2.22. The van der Waals surface area contributed by atoms with Crippen LogP contribution < -0.4 is 10.6 Å². The predicted molar refractivity (Wildman–Crippen MR) is 118 cm³/mol. The van der Waals surface area contributed by atoms with Crippen molar-refractivity contribution in [3.63, 3.8) is 0 Å². The van der Waals surface area contributed by atoms with Crippen LogP contribution in [-0.2, 0) is 20.7 Å². The van der Waals surface area contributed by atoms with Gasteiger partial charge in [-0.1, -0.05) is 18.2 Å². The normalized spacial score (nSPS) is 20.3. The highest BCUT2D eigenvalue weighted by Gasteiger charge is 2.31. The summed E-state index contributed by atoms with van der Waals surface area (Å²) in [6.45, 7) is 5.35. The zero-order valence-corrected chi connectivity index (χ0v) is 18.2. The summed E-state index contributed by atoms with van der Waals surface area (Å²) in [7, 11) is 0. The monoisotopic (exact) mass is 444 g/mol. The van der Waals surface area contributed by atoms with E-state index in [1.807, 2.05) is 23.6 Å². The molecule has 2 fully saturated rings. The lowest BCUT2D eigenvalue weighted by molar-refractivity contribution is -0.121. The van der Waals surface area contributed by atoms with Crippen LogP contribution in [0.15, 0.2) is 35.7 Å². The molecule has 0 radical (unpaired) electrons. The lowest BCUT2D eigenvalue weighted by Gasteiger charge is -2.37. The topological polar surface area (TPSA) is 92.8 Å². The summed E-state index contributed by atoms with van der Waals surface area (Å²) in [4.78, 5) is 31.6. The Balaban J connectivity index is 1.28. The Morgan fingerprint density at radius 2 is 1.97 bits per heavy atom. The molecule has 2 amide bonds. The maximum atomic E-state index is 12.6. The number of morpholine rings is 1. The number of nitrogens with one attached hydrogen (secondary N) is 2. The zero-order valence-electron chi connectivity index (χ0n) is 17.4. The number of rotatable bonds is 8. The minimum Gasteiger partial charge on any atom is -0.381 e. The number of anilines is 1. The Bertz CT molecular complexity index is 863. The van der Waals surface area contributed by atoms with E-state index in [9.17, 15) is 9.59 Å². The molecule has 1 aromatic heterocycles. The number of amides is 2. The molecular formula is C22H28N4O4S. The van der Waals surface area contributed by atoms with E-state index in [-0.39, 0.29) is 24.3 Å². The fourth-order valence-electron chi connectivity index (χ4n) is 4.01. The van der Waals surface area contributed by atoms with Crippen LogP contribution in [0.5, 0.6) is 0 Å². The van der Waals surface area contributed by atoms with Gasteiger partial charge in [0.15, 0.2) is 5.13 Å². The zero-order chi connectivity index (χ0) is 21.5. The first kappa shape index (κ1) is 21.9. The van der Waals surface area contributed by atoms with Gasteiger partial charge in [-0.25, -0.2) is 4.98 Å². The minimum absolute atomic E-state index is 0.0663. The number of hydrogen-bond acceptors (Lipinski definition) is 7. The second kappa shape index (κ2) is 10.8. The molecule has 0 spiro atoms. The van der Waals surface area contributed by atoms with E-state index < -0.39 is 0 Å². The van der Waals surface area contributed by atoms with Crippen molar-refractivity contribution < 1.29 is 19.1 Å². The Morgan fingerprint density at radius 1 is 1.16 bits per heavy atom. The molecule has 2 saturated heterocycles. The van der Waals surface area contributed by atoms with Gasteiger partial charge in [0.05, 0.1) is 31.9 Å². The Labute approximate surface area is 185 Å². The quantitative estimate of drug-likeness (QED) is 0.645. The maximum absolute atomic E-state index is 12.6. The smallest absolute Gasteiger partial charge is 0.257 e. The van der Waals surface area contributed by atoms with Gasteiger partial charge in [0.2, 0.25) is 5.91 Å². The van der Waals surface area contributed by atoms with Gasteiger partial charge < -0.3 is 14.8 Å². The first-order valence-corrected chi connectivity index (χ1v) is 11.5. The second-order valence-electron chi connectivity index (χ2n) is 7.78. The van der Waals surface area contributed by atoms with Gasteiger partial charge in [-0.15, -0.1) is 11.3 Å². The number of carbonyl (C=O) groups excluding carboxylic acids is 2. The van der Waals surface area contributed by atoms with Gasteiger partial charge >= 0.3 is 0 Å². The SMILES string of the molecule is O=C(Cc1csc(NC(=O)c2ccccc2)n1)NCC(C1CCOC1)N1CCOCC1. The average Bonchev–Trinajstić information content (AvgIpc) is 3.48. The van der Waals surface area contributed by atoms with E-state index in [0.29, 0.717) is 28.9 Å². The number of carbonyl (C=O) groups is 2. The van der Waals surface area contributed by atoms with Crippen LogP contribution in [0.3, 0.4) is 0 Å². The van der Waals surface area contributed by atoms with Crippen LogP contribution in [0.2, 0.25) is 0 Å². The van der Waals surface area contributed by atoms with Crippen LogP contribution in [0.25, 0.3) is 0 Å². The van der Waals surface area contributed by atoms with E-state index in [1.54, 1.807) is 12.1 Å². The summed E-state index contributed by atoms with van der Waals surface area (Å²) in [6.07, 6.45) is 1.21. The van der Waals surface area contributed by atoms with Crippen LogP contribution in [-0.4, -0.2) is 73.8 Å². The fraction of sp³-hybridized carbons (Fsp3) is 0.500. The van der Waals surface area contributed by atoms with Crippen LogP contribution in [0.4, 0.5) is 5.13 Å². The van der Waals surface area contributed by atoms with Crippen molar-refractivity contribution >= 4 is 28.3 Å². The first-order chi connectivity index (χ1) is 15.2. The van der Waals surface area contributed by atoms with Crippen molar-refractivity contribution in [3.05, 3.63) is 47.0 Å². The maximum Gasteiger partial charge on any atom is 0.257 e. The number of nitrogens with zero attached hydrogens (tertiary/aromatic N) is 2. The third-order valence-electron chi connectivity index (χ3n) is 5.68. The van der Waals surface area contributed by atoms with Crippen LogP contribution in [0, 0.1) is 5.92 Å². The summed E-state index contributed by atoms with van der Waals surface area (Å²) >= 11 is 1.32. The molecule has 9 heteroatoms. The second-order valence-corrected chi connectivity index (χ2v) is 8.64. The Hall–Kier alpha value is -2.33. The van der Waals surface area contributed by atoms with E-state index in [1.165, 1.54) is 11.3 Å². The summed E-state index contributed by atoms with van der Waals surface area (Å²) in [5.41, 5.74) is 1.22. The summed E-state index contributed by atoms with van der Waals surface area (Å²) in [5.74, 6) is 0.152. The molecule has 31 heavy (non-hydrogen) atoms. The number of aromatic nitrogens is 1. The standard InChI is InChI=1S/C22H28N4O4S/c27-20(23-13-19(17-6-9-30-14-17)26-7-10-29-11-8-26)12-18-15-31-22(24-18)25-21(28)16-4-2-1-3-5-16/h1-5,15,17,19H,6-14H2,(H,23,27)(H,24,25,28). The third-order valence-corrected chi connectivity index (χ3v) is 6.49. The number of hydrogen-bond donors (Lipinski definition) is 2. The number of ether oxygens (including phenoxy) is 2. The van der Waals surface area contributed by atoms with Gasteiger partial charge in [0.1, 0.15) is 0 Å². The molecule has 3 heterocycles. The molecule has 0 saturated carbocycles. The molecule has 2 aliphatic rings.